The Hall–Kier alpha value is -3.39. The van der Waals surface area contributed by atoms with Crippen LogP contribution in [0.5, 0.6) is 5.75 Å². The summed E-state index contributed by atoms with van der Waals surface area (Å²) in [5.74, 6) is 0.944. The van der Waals surface area contributed by atoms with E-state index in [-0.39, 0.29) is 28.9 Å². The highest BCUT2D eigenvalue weighted by Gasteiger charge is 2.11. The first-order valence-corrected chi connectivity index (χ1v) is 8.02. The molecule has 0 radical (unpaired) electrons. The first-order valence-electron chi connectivity index (χ1n) is 8.02. The number of allylic oxidation sites excluding steroid dienone is 4. The van der Waals surface area contributed by atoms with Crippen molar-refractivity contribution in [3.8, 4) is 18.1 Å². The highest BCUT2D eigenvalue weighted by Crippen LogP contribution is 2.27. The second-order valence-corrected chi connectivity index (χ2v) is 5.83. The van der Waals surface area contributed by atoms with Crippen LogP contribution in [-0.4, -0.2) is 11.9 Å². The van der Waals surface area contributed by atoms with Crippen molar-refractivity contribution in [2.75, 3.05) is 0 Å². The number of ether oxygens (including phenoxy) is 2. The molecule has 5 heteroatoms. The Morgan fingerprint density at radius 2 is 1.67 bits per heavy atom. The number of carbonyl (C=O) groups excluding carboxylic acids is 2. The molecule has 27 heavy (non-hydrogen) atoms. The third-order valence-corrected chi connectivity index (χ3v) is 3.26. The summed E-state index contributed by atoms with van der Waals surface area (Å²) in [5.41, 5.74) is 1.22. The number of hydrogen-bond donors (Lipinski definition) is 0. The third-order valence-electron chi connectivity index (χ3n) is 3.26. The molecule has 0 unspecified atom stereocenters. The molecule has 1 rings (SSSR count). The van der Waals surface area contributed by atoms with Gasteiger partial charge in [-0.25, -0.2) is 14.0 Å². The molecule has 0 fully saturated rings. The van der Waals surface area contributed by atoms with Gasteiger partial charge in [0.1, 0.15) is 17.3 Å². The van der Waals surface area contributed by atoms with Crippen LogP contribution in [0.3, 0.4) is 0 Å². The normalized spacial score (nSPS) is 11.7. The van der Waals surface area contributed by atoms with E-state index >= 15 is 0 Å². The van der Waals surface area contributed by atoms with E-state index in [4.69, 9.17) is 15.9 Å². The maximum Gasteiger partial charge on any atom is 0.338 e. The average molecular weight is 368 g/mol. The summed E-state index contributed by atoms with van der Waals surface area (Å²) in [4.78, 5) is 23.0. The zero-order chi connectivity index (χ0) is 20.6. The van der Waals surface area contributed by atoms with Crippen LogP contribution in [0, 0.1) is 12.3 Å². The number of halogens is 1. The second-order valence-electron chi connectivity index (χ2n) is 5.83. The number of benzene rings is 1. The van der Waals surface area contributed by atoms with E-state index in [0.717, 1.165) is 6.08 Å². The first-order chi connectivity index (χ1) is 12.6. The predicted molar refractivity (Wildman–Crippen MR) is 103 cm³/mol. The Bertz CT molecular complexity index is 865. The molecule has 1 aromatic rings. The Morgan fingerprint density at radius 3 is 2.15 bits per heavy atom. The maximum atomic E-state index is 14.7. The van der Waals surface area contributed by atoms with E-state index < -0.39 is 17.8 Å². The Morgan fingerprint density at radius 1 is 1.11 bits per heavy atom. The minimum Gasteiger partial charge on any atom is -0.428 e. The van der Waals surface area contributed by atoms with Crippen molar-refractivity contribution in [2.45, 2.75) is 27.2 Å². The molecule has 4 nitrogen and oxygen atoms in total. The van der Waals surface area contributed by atoms with Gasteiger partial charge in [0.15, 0.2) is 0 Å². The Kier molecular flexibility index (Phi) is 7.96. The zero-order valence-electron chi connectivity index (χ0n) is 15.6. The van der Waals surface area contributed by atoms with E-state index in [1.165, 1.54) is 32.9 Å². The monoisotopic (exact) mass is 368 g/mol. The van der Waals surface area contributed by atoms with Gasteiger partial charge in [0.05, 0.1) is 0 Å². The third kappa shape index (κ3) is 6.79. The van der Waals surface area contributed by atoms with E-state index in [9.17, 15) is 14.0 Å². The number of terminal acetylenes is 1. The number of rotatable bonds is 7. The summed E-state index contributed by atoms with van der Waals surface area (Å²) < 4.78 is 24.7. The van der Waals surface area contributed by atoms with Gasteiger partial charge in [0.25, 0.3) is 0 Å². The molecule has 0 N–H and O–H groups in total. The molecule has 0 saturated carbocycles. The van der Waals surface area contributed by atoms with Gasteiger partial charge in [-0.05, 0) is 38.5 Å². The van der Waals surface area contributed by atoms with Crippen LogP contribution >= 0.6 is 0 Å². The average Bonchev–Trinajstić information content (AvgIpc) is 2.59. The zero-order valence-corrected chi connectivity index (χ0v) is 15.6. The van der Waals surface area contributed by atoms with Crippen molar-refractivity contribution in [3.05, 3.63) is 71.8 Å². The highest BCUT2D eigenvalue weighted by atomic mass is 19.1. The summed E-state index contributed by atoms with van der Waals surface area (Å²) in [5, 5.41) is 0. The Balaban J connectivity index is 3.12. The van der Waals surface area contributed by atoms with Crippen LogP contribution < -0.4 is 4.74 Å². The van der Waals surface area contributed by atoms with E-state index in [1.54, 1.807) is 12.1 Å². The maximum absolute atomic E-state index is 14.7. The van der Waals surface area contributed by atoms with Gasteiger partial charge in [-0.2, -0.15) is 0 Å². The summed E-state index contributed by atoms with van der Waals surface area (Å²) in [6, 6.07) is 6.21. The molecular weight excluding hydrogens is 347 g/mol. The second kappa shape index (κ2) is 9.93. The molecule has 0 aliphatic heterocycles. The smallest absolute Gasteiger partial charge is 0.338 e. The molecule has 0 saturated heterocycles. The van der Waals surface area contributed by atoms with Crippen molar-refractivity contribution < 1.29 is 23.5 Å². The van der Waals surface area contributed by atoms with Gasteiger partial charge < -0.3 is 9.47 Å². The van der Waals surface area contributed by atoms with Crippen molar-refractivity contribution in [1.29, 1.82) is 0 Å². The molecule has 1 aromatic carbocycles. The van der Waals surface area contributed by atoms with Crippen molar-refractivity contribution in [2.24, 2.45) is 0 Å². The van der Waals surface area contributed by atoms with Crippen LogP contribution in [0.15, 0.2) is 66.2 Å². The van der Waals surface area contributed by atoms with E-state index in [0.29, 0.717) is 11.3 Å². The van der Waals surface area contributed by atoms with Gasteiger partial charge >= 0.3 is 11.9 Å². The summed E-state index contributed by atoms with van der Waals surface area (Å²) in [6.07, 6.45) is 6.45. The lowest BCUT2D eigenvalue weighted by atomic mass is 10.0. The Labute approximate surface area is 158 Å². The van der Waals surface area contributed by atoms with Gasteiger partial charge in [0, 0.05) is 29.2 Å². The fraction of sp³-hybridized carbons (Fsp3) is 0.182. The van der Waals surface area contributed by atoms with Crippen LogP contribution in [0.25, 0.3) is 5.57 Å². The van der Waals surface area contributed by atoms with Gasteiger partial charge in [-0.15, -0.1) is 12.3 Å². The van der Waals surface area contributed by atoms with Gasteiger partial charge in [0.2, 0.25) is 0 Å². The van der Waals surface area contributed by atoms with Crippen LogP contribution in [0.4, 0.5) is 4.39 Å². The van der Waals surface area contributed by atoms with E-state index in [2.05, 4.69) is 19.1 Å². The fourth-order valence-corrected chi connectivity index (χ4v) is 1.87. The molecule has 0 aliphatic carbocycles. The van der Waals surface area contributed by atoms with Crippen molar-refractivity contribution >= 4 is 17.5 Å². The summed E-state index contributed by atoms with van der Waals surface area (Å²) >= 11 is 0. The minimum atomic E-state index is -0.640. The first kappa shape index (κ1) is 21.7. The molecule has 0 bridgehead atoms. The topological polar surface area (TPSA) is 52.6 Å². The lowest BCUT2D eigenvalue weighted by molar-refractivity contribution is -0.135. The lowest BCUT2D eigenvalue weighted by Crippen LogP contribution is -2.08. The minimum absolute atomic E-state index is 0.0228. The van der Waals surface area contributed by atoms with Crippen LogP contribution in [-0.2, 0) is 14.3 Å². The van der Waals surface area contributed by atoms with Crippen LogP contribution in [0.2, 0.25) is 0 Å². The number of carbonyl (C=O) groups is 2. The summed E-state index contributed by atoms with van der Waals surface area (Å²) in [6.45, 7) is 11.4. The molecule has 0 amide bonds. The van der Waals surface area contributed by atoms with Crippen molar-refractivity contribution in [3.63, 3.8) is 0 Å². The molecule has 0 aliphatic rings. The van der Waals surface area contributed by atoms with Crippen molar-refractivity contribution in [1.82, 2.24) is 0 Å². The SMILES string of the molecule is C#CC/C(=C(F)\C=C(/C)OC(=O)C(=C)C)c1ccc(OC(=O)C(=C)C)cc1. The molecule has 0 aromatic heterocycles. The summed E-state index contributed by atoms with van der Waals surface area (Å²) in [7, 11) is 0. The molecule has 0 atom stereocenters. The standard InChI is InChI=1S/C22H21FO4/c1-7-8-19(20(23)13-16(6)26-21(24)14(2)3)17-9-11-18(12-10-17)27-22(25)15(4)5/h1,9-13H,2,4,8H2,3,5-6H3/b16-13+,20-19-. The molecule has 0 spiro atoms. The largest absolute Gasteiger partial charge is 0.428 e. The van der Waals surface area contributed by atoms with Gasteiger partial charge in [-0.3, -0.25) is 0 Å². The van der Waals surface area contributed by atoms with E-state index in [1.807, 2.05) is 0 Å². The lowest BCUT2D eigenvalue weighted by Gasteiger charge is -2.09. The molecule has 140 valence electrons. The van der Waals surface area contributed by atoms with Crippen LogP contribution in [0.1, 0.15) is 32.8 Å². The van der Waals surface area contributed by atoms with Gasteiger partial charge in [-0.1, -0.05) is 25.3 Å². The molecular formula is C22H21FO4. The predicted octanol–water partition coefficient (Wildman–Crippen LogP) is 4.90. The quantitative estimate of drug-likeness (QED) is 0.172. The number of esters is 2. The molecule has 0 heterocycles. The highest BCUT2D eigenvalue weighted by molar-refractivity contribution is 5.89. The fourth-order valence-electron chi connectivity index (χ4n) is 1.87. The number of hydrogen-bond acceptors (Lipinski definition) is 4.